The number of benzene rings is 1. The Morgan fingerprint density at radius 1 is 1.38 bits per heavy atom. The van der Waals surface area contributed by atoms with Crippen molar-refractivity contribution in [1.82, 2.24) is 0 Å². The van der Waals surface area contributed by atoms with E-state index in [1.807, 2.05) is 0 Å². The van der Waals surface area contributed by atoms with Crippen LogP contribution in [-0.2, 0) is 0 Å². The zero-order valence-electron chi connectivity index (χ0n) is 6.90. The van der Waals surface area contributed by atoms with Crippen molar-refractivity contribution in [3.05, 3.63) is 29.3 Å². The van der Waals surface area contributed by atoms with Gasteiger partial charge < -0.3 is 11.1 Å². The Morgan fingerprint density at radius 3 is 2.46 bits per heavy atom. The van der Waals surface area contributed by atoms with Crippen molar-refractivity contribution in [3.8, 4) is 0 Å². The minimum absolute atomic E-state index is 0.0773. The zero-order valence-corrected chi connectivity index (χ0v) is 7.71. The first-order valence-corrected chi connectivity index (χ1v) is 3.94. The van der Waals surface area contributed by atoms with Gasteiger partial charge in [0.2, 0.25) is 0 Å². The molecule has 1 aromatic rings. The number of rotatable bonds is 2. The minimum atomic E-state index is -1.01. The predicted molar refractivity (Wildman–Crippen MR) is 51.8 cm³/mol. The maximum Gasteiger partial charge on any atom is 0.182 e. The fourth-order valence-electron chi connectivity index (χ4n) is 0.933. The van der Waals surface area contributed by atoms with Gasteiger partial charge in [-0.3, -0.25) is 0 Å². The van der Waals surface area contributed by atoms with E-state index in [4.69, 9.17) is 5.73 Å². The van der Waals surface area contributed by atoms with Gasteiger partial charge >= 0.3 is 0 Å². The van der Waals surface area contributed by atoms with Crippen LogP contribution in [0.15, 0.2) is 12.1 Å². The Hall–Kier alpha value is -1.23. The van der Waals surface area contributed by atoms with Crippen LogP contribution < -0.4 is 11.1 Å². The Morgan fingerprint density at radius 2 is 2.00 bits per heavy atom. The maximum atomic E-state index is 13.1. The molecular formula is C8H8F2N2S. The zero-order chi connectivity index (χ0) is 10.0. The highest BCUT2D eigenvalue weighted by atomic mass is 32.1. The topological polar surface area (TPSA) is 38.0 Å². The van der Waals surface area contributed by atoms with Gasteiger partial charge in [-0.05, 0) is 12.1 Å². The number of hydrogen-bond donors (Lipinski definition) is 2. The molecule has 0 spiro atoms. The molecule has 0 saturated carbocycles. The molecule has 1 aromatic carbocycles. The van der Waals surface area contributed by atoms with E-state index >= 15 is 0 Å². The lowest BCUT2D eigenvalue weighted by Crippen LogP contribution is -2.13. The van der Waals surface area contributed by atoms with Gasteiger partial charge in [0.05, 0.1) is 5.69 Å². The normalized spacial score (nSPS) is 9.77. The van der Waals surface area contributed by atoms with Gasteiger partial charge in [-0.2, -0.15) is 0 Å². The third kappa shape index (κ3) is 1.75. The summed E-state index contributed by atoms with van der Waals surface area (Å²) in [6.07, 6.45) is 0. The molecule has 0 radical (unpaired) electrons. The molecule has 0 saturated heterocycles. The maximum absolute atomic E-state index is 13.1. The van der Waals surface area contributed by atoms with E-state index in [1.54, 1.807) is 0 Å². The molecule has 0 amide bonds. The molecule has 5 heteroatoms. The number of nitrogens with one attached hydrogen (secondary N) is 1. The summed E-state index contributed by atoms with van der Waals surface area (Å²) in [6.45, 7) is 0. The standard InChI is InChI=1S/C8H8F2N2S/c1-12-5-3-2-4(8(11)13)6(9)7(5)10/h2-3,12H,1H3,(H2,11,13). The van der Waals surface area contributed by atoms with E-state index in [-0.39, 0.29) is 16.2 Å². The van der Waals surface area contributed by atoms with E-state index in [2.05, 4.69) is 17.5 Å². The molecule has 0 bridgehead atoms. The molecule has 70 valence electrons. The highest BCUT2D eigenvalue weighted by molar-refractivity contribution is 7.80. The summed E-state index contributed by atoms with van der Waals surface area (Å²) >= 11 is 4.54. The lowest BCUT2D eigenvalue weighted by atomic mass is 10.2. The van der Waals surface area contributed by atoms with Gasteiger partial charge in [0, 0.05) is 12.6 Å². The highest BCUT2D eigenvalue weighted by Gasteiger charge is 2.13. The van der Waals surface area contributed by atoms with Crippen LogP contribution in [0.5, 0.6) is 0 Å². The van der Waals surface area contributed by atoms with Crippen LogP contribution >= 0.6 is 12.2 Å². The van der Waals surface area contributed by atoms with E-state index in [0.717, 1.165) is 0 Å². The smallest absolute Gasteiger partial charge is 0.182 e. The average molecular weight is 202 g/mol. The van der Waals surface area contributed by atoms with Crippen LogP contribution in [0.2, 0.25) is 0 Å². The first kappa shape index (κ1) is 9.85. The summed E-state index contributed by atoms with van der Waals surface area (Å²) in [5, 5.41) is 2.50. The first-order chi connectivity index (χ1) is 6.07. The molecule has 13 heavy (non-hydrogen) atoms. The van der Waals surface area contributed by atoms with E-state index in [1.165, 1.54) is 19.2 Å². The summed E-state index contributed by atoms with van der Waals surface area (Å²) in [7, 11) is 1.50. The monoisotopic (exact) mass is 202 g/mol. The van der Waals surface area contributed by atoms with Gasteiger partial charge in [0.15, 0.2) is 11.6 Å². The second kappa shape index (κ2) is 3.66. The second-order valence-corrected chi connectivity index (χ2v) is 2.84. The average Bonchev–Trinajstić information content (AvgIpc) is 2.09. The number of halogens is 2. The summed E-state index contributed by atoms with van der Waals surface area (Å²) in [5.74, 6) is -1.98. The summed E-state index contributed by atoms with van der Waals surface area (Å²) < 4.78 is 26.2. The summed E-state index contributed by atoms with van der Waals surface area (Å²) in [5.41, 5.74) is 5.18. The molecule has 0 unspecified atom stereocenters. The Bertz CT molecular complexity index is 352. The molecule has 0 atom stereocenters. The van der Waals surface area contributed by atoms with Crippen LogP contribution in [0.3, 0.4) is 0 Å². The van der Waals surface area contributed by atoms with Crippen molar-refractivity contribution in [3.63, 3.8) is 0 Å². The molecule has 2 nitrogen and oxygen atoms in total. The Kier molecular flexibility index (Phi) is 2.77. The molecule has 1 rings (SSSR count). The van der Waals surface area contributed by atoms with Gasteiger partial charge in [-0.25, -0.2) is 8.78 Å². The molecule has 0 fully saturated rings. The second-order valence-electron chi connectivity index (χ2n) is 2.40. The largest absolute Gasteiger partial charge is 0.389 e. The SMILES string of the molecule is CNc1ccc(C(N)=S)c(F)c1F. The Balaban J connectivity index is 3.31. The summed E-state index contributed by atoms with van der Waals surface area (Å²) in [4.78, 5) is -0.154. The van der Waals surface area contributed by atoms with E-state index in [9.17, 15) is 8.78 Å². The van der Waals surface area contributed by atoms with Crippen LogP contribution in [0, 0.1) is 11.6 Å². The van der Waals surface area contributed by atoms with Crippen molar-refractivity contribution in [2.45, 2.75) is 0 Å². The van der Waals surface area contributed by atoms with Crippen LogP contribution in [-0.4, -0.2) is 12.0 Å². The molecule has 3 N–H and O–H groups in total. The van der Waals surface area contributed by atoms with Crippen LogP contribution in [0.1, 0.15) is 5.56 Å². The van der Waals surface area contributed by atoms with Crippen LogP contribution in [0.25, 0.3) is 0 Å². The molecule has 0 aliphatic carbocycles. The van der Waals surface area contributed by atoms with E-state index < -0.39 is 11.6 Å². The van der Waals surface area contributed by atoms with Crippen molar-refractivity contribution < 1.29 is 8.78 Å². The Labute approximate surface area is 79.7 Å². The van der Waals surface area contributed by atoms with Crippen molar-refractivity contribution in [1.29, 1.82) is 0 Å². The van der Waals surface area contributed by atoms with Crippen molar-refractivity contribution >= 4 is 22.9 Å². The van der Waals surface area contributed by atoms with Gasteiger partial charge in [0.1, 0.15) is 4.99 Å². The fraction of sp³-hybridized carbons (Fsp3) is 0.125. The van der Waals surface area contributed by atoms with E-state index in [0.29, 0.717) is 0 Å². The van der Waals surface area contributed by atoms with Crippen molar-refractivity contribution in [2.75, 3.05) is 12.4 Å². The molecule has 0 aliphatic rings. The third-order valence-corrected chi connectivity index (χ3v) is 1.84. The lowest BCUT2D eigenvalue weighted by Gasteiger charge is -2.06. The number of anilines is 1. The number of thiocarbonyl (C=S) groups is 1. The number of nitrogens with two attached hydrogens (primary N) is 1. The number of hydrogen-bond acceptors (Lipinski definition) is 2. The third-order valence-electron chi connectivity index (χ3n) is 1.62. The lowest BCUT2D eigenvalue weighted by molar-refractivity contribution is 0.510. The van der Waals surface area contributed by atoms with Gasteiger partial charge in [-0.1, -0.05) is 12.2 Å². The molecule has 0 aliphatic heterocycles. The summed E-state index contributed by atoms with van der Waals surface area (Å²) in [6, 6.07) is 2.72. The highest BCUT2D eigenvalue weighted by Crippen LogP contribution is 2.19. The first-order valence-electron chi connectivity index (χ1n) is 3.53. The predicted octanol–water partition coefficient (Wildman–Crippen LogP) is 1.64. The van der Waals surface area contributed by atoms with Crippen molar-refractivity contribution in [2.24, 2.45) is 5.73 Å². The molecule has 0 aromatic heterocycles. The van der Waals surface area contributed by atoms with Gasteiger partial charge in [0.25, 0.3) is 0 Å². The quantitative estimate of drug-likeness (QED) is 0.716. The molecule has 0 heterocycles. The van der Waals surface area contributed by atoms with Gasteiger partial charge in [-0.15, -0.1) is 0 Å². The minimum Gasteiger partial charge on any atom is -0.389 e. The fourth-order valence-corrected chi connectivity index (χ4v) is 1.09. The molecular weight excluding hydrogens is 194 g/mol. The van der Waals surface area contributed by atoms with Crippen LogP contribution in [0.4, 0.5) is 14.5 Å².